The van der Waals surface area contributed by atoms with E-state index < -0.39 is 34.6 Å². The minimum absolute atomic E-state index is 0.167. The average molecular weight is 293 g/mol. The molecule has 0 radical (unpaired) electrons. The van der Waals surface area contributed by atoms with Crippen molar-refractivity contribution in [2.45, 2.75) is 0 Å². The number of hydrogen-bond donors (Lipinski definition) is 0. The number of carbonyl (C=O) groups excluding carboxylic acids is 1. The summed E-state index contributed by atoms with van der Waals surface area (Å²) in [4.78, 5) is 21.4. The van der Waals surface area contributed by atoms with Crippen LogP contribution in [-0.4, -0.2) is 17.3 Å². The first-order valence-corrected chi connectivity index (χ1v) is 5.83. The topological polar surface area (TPSA) is 69.4 Å². The van der Waals surface area contributed by atoms with Gasteiger partial charge in [0.1, 0.15) is 5.82 Å². The first-order valence-electron chi connectivity index (χ1n) is 5.83. The zero-order chi connectivity index (χ0) is 15.4. The molecule has 0 aromatic heterocycles. The van der Waals surface area contributed by atoms with Crippen LogP contribution in [0.2, 0.25) is 0 Å². The van der Waals surface area contributed by atoms with Gasteiger partial charge in [-0.25, -0.2) is 8.78 Å². The maximum absolute atomic E-state index is 13.5. The molecular weight excluding hydrogens is 284 g/mol. The van der Waals surface area contributed by atoms with E-state index in [1.54, 1.807) is 0 Å². The molecule has 0 aliphatic heterocycles. The number of nitrogens with zero attached hydrogens (tertiary/aromatic N) is 1. The number of ketones is 1. The predicted molar refractivity (Wildman–Crippen MR) is 69.3 cm³/mol. The maximum atomic E-state index is 13.5. The summed E-state index contributed by atoms with van der Waals surface area (Å²) < 4.78 is 31.8. The Balaban J connectivity index is 2.08. The number of Topliss-reactive ketones (excluding diaryl/α,β-unsaturated/α-hetero) is 1. The third-order valence-electron chi connectivity index (χ3n) is 2.66. The van der Waals surface area contributed by atoms with Crippen LogP contribution in [0.4, 0.5) is 14.5 Å². The van der Waals surface area contributed by atoms with E-state index >= 15 is 0 Å². The Bertz CT molecular complexity index is 703. The largest absolute Gasteiger partial charge is 0.482 e. The third kappa shape index (κ3) is 3.38. The van der Waals surface area contributed by atoms with Gasteiger partial charge in [0.15, 0.2) is 18.2 Å². The van der Waals surface area contributed by atoms with Crippen molar-refractivity contribution < 1.29 is 23.2 Å². The molecule has 0 aliphatic carbocycles. The molecule has 0 spiro atoms. The Hall–Kier alpha value is -2.83. The van der Waals surface area contributed by atoms with Gasteiger partial charge in [-0.2, -0.15) is 0 Å². The summed E-state index contributed by atoms with van der Waals surface area (Å²) in [5, 5.41) is 10.5. The minimum atomic E-state index is -0.967. The lowest BCUT2D eigenvalue weighted by molar-refractivity contribution is -0.385. The van der Waals surface area contributed by atoms with Gasteiger partial charge in [-0.1, -0.05) is 12.1 Å². The van der Waals surface area contributed by atoms with Gasteiger partial charge >= 0.3 is 0 Å². The summed E-state index contributed by atoms with van der Waals surface area (Å²) in [5.41, 5.74) is -0.597. The predicted octanol–water partition coefficient (Wildman–Crippen LogP) is 3.13. The van der Waals surface area contributed by atoms with E-state index in [0.717, 1.165) is 18.2 Å². The van der Waals surface area contributed by atoms with Crippen LogP contribution in [-0.2, 0) is 0 Å². The van der Waals surface area contributed by atoms with Crippen molar-refractivity contribution >= 4 is 11.5 Å². The highest BCUT2D eigenvalue weighted by atomic mass is 19.1. The zero-order valence-electron chi connectivity index (χ0n) is 10.6. The monoisotopic (exact) mass is 293 g/mol. The lowest BCUT2D eigenvalue weighted by Crippen LogP contribution is -2.13. The number of carbonyl (C=O) groups is 1. The van der Waals surface area contributed by atoms with Gasteiger partial charge in [0, 0.05) is 6.07 Å². The zero-order valence-corrected chi connectivity index (χ0v) is 10.6. The Morgan fingerprint density at radius 3 is 2.48 bits per heavy atom. The standard InChI is InChI=1S/C14H9F2NO4/c15-11-4-2-1-3-10(11)13(18)8-21-14-6-5-9(17(19)20)7-12(14)16/h1-7H,8H2. The van der Waals surface area contributed by atoms with Gasteiger partial charge in [-0.15, -0.1) is 0 Å². The van der Waals surface area contributed by atoms with Crippen molar-refractivity contribution in [3.05, 3.63) is 69.8 Å². The molecule has 0 bridgehead atoms. The molecule has 0 atom stereocenters. The highest BCUT2D eigenvalue weighted by Crippen LogP contribution is 2.22. The number of nitro groups is 1. The molecular formula is C14H9F2NO4. The molecule has 5 nitrogen and oxygen atoms in total. The first kappa shape index (κ1) is 14.6. The summed E-state index contributed by atoms with van der Waals surface area (Å²) in [6.07, 6.45) is 0. The molecule has 21 heavy (non-hydrogen) atoms. The molecule has 108 valence electrons. The van der Waals surface area contributed by atoms with Crippen molar-refractivity contribution in [3.8, 4) is 5.75 Å². The van der Waals surface area contributed by atoms with Crippen LogP contribution in [0, 0.1) is 21.7 Å². The Morgan fingerprint density at radius 2 is 1.86 bits per heavy atom. The minimum Gasteiger partial charge on any atom is -0.482 e. The van der Waals surface area contributed by atoms with Gasteiger partial charge in [-0.05, 0) is 18.2 Å². The molecule has 0 heterocycles. The summed E-state index contributed by atoms with van der Waals surface area (Å²) in [6, 6.07) is 8.11. The number of halogens is 2. The lowest BCUT2D eigenvalue weighted by atomic mass is 10.1. The molecule has 0 fully saturated rings. The van der Waals surface area contributed by atoms with Crippen LogP contribution in [0.3, 0.4) is 0 Å². The van der Waals surface area contributed by atoms with E-state index in [1.165, 1.54) is 18.2 Å². The quantitative estimate of drug-likeness (QED) is 0.482. The highest BCUT2D eigenvalue weighted by molar-refractivity contribution is 5.97. The van der Waals surface area contributed by atoms with E-state index in [-0.39, 0.29) is 11.3 Å². The molecule has 2 aromatic rings. The SMILES string of the molecule is O=C(COc1ccc([N+](=O)[O-])cc1F)c1ccccc1F. The number of ether oxygens (including phenoxy) is 1. The fourth-order valence-electron chi connectivity index (χ4n) is 1.63. The van der Waals surface area contributed by atoms with Crippen molar-refractivity contribution in [1.29, 1.82) is 0 Å². The molecule has 0 unspecified atom stereocenters. The van der Waals surface area contributed by atoms with E-state index in [2.05, 4.69) is 0 Å². The van der Waals surface area contributed by atoms with Crippen LogP contribution in [0.15, 0.2) is 42.5 Å². The number of rotatable bonds is 5. The van der Waals surface area contributed by atoms with Crippen LogP contribution in [0.25, 0.3) is 0 Å². The molecule has 2 aromatic carbocycles. The van der Waals surface area contributed by atoms with Crippen molar-refractivity contribution in [3.63, 3.8) is 0 Å². The van der Waals surface area contributed by atoms with Gasteiger partial charge in [-0.3, -0.25) is 14.9 Å². The molecule has 0 saturated heterocycles. The molecule has 0 aliphatic rings. The molecule has 7 heteroatoms. The second-order valence-corrected chi connectivity index (χ2v) is 4.06. The van der Waals surface area contributed by atoms with Crippen molar-refractivity contribution in [2.75, 3.05) is 6.61 Å². The Morgan fingerprint density at radius 1 is 1.14 bits per heavy atom. The normalized spacial score (nSPS) is 10.2. The molecule has 2 rings (SSSR count). The van der Waals surface area contributed by atoms with Crippen LogP contribution < -0.4 is 4.74 Å². The smallest absolute Gasteiger partial charge is 0.272 e. The number of benzene rings is 2. The summed E-state index contributed by atoms with van der Waals surface area (Å²) in [7, 11) is 0. The molecule has 0 N–H and O–H groups in total. The van der Waals surface area contributed by atoms with E-state index in [4.69, 9.17) is 4.74 Å². The fraction of sp³-hybridized carbons (Fsp3) is 0.0714. The number of non-ortho nitro benzene ring substituents is 1. The van der Waals surface area contributed by atoms with Gasteiger partial charge in [0.2, 0.25) is 5.78 Å². The van der Waals surface area contributed by atoms with Crippen LogP contribution in [0.1, 0.15) is 10.4 Å². The number of nitro benzene ring substituents is 1. The number of hydrogen-bond acceptors (Lipinski definition) is 4. The third-order valence-corrected chi connectivity index (χ3v) is 2.66. The Kier molecular flexibility index (Phi) is 4.22. The van der Waals surface area contributed by atoms with E-state index in [0.29, 0.717) is 6.07 Å². The van der Waals surface area contributed by atoms with Crippen LogP contribution in [0.5, 0.6) is 5.75 Å². The second-order valence-electron chi connectivity index (χ2n) is 4.06. The summed E-state index contributed by atoms with van der Waals surface area (Å²) >= 11 is 0. The van der Waals surface area contributed by atoms with Gasteiger partial charge < -0.3 is 4.74 Å². The fourth-order valence-corrected chi connectivity index (χ4v) is 1.63. The van der Waals surface area contributed by atoms with Crippen LogP contribution >= 0.6 is 0 Å². The Labute approximate surface area is 117 Å². The van der Waals surface area contributed by atoms with Crippen molar-refractivity contribution in [1.82, 2.24) is 0 Å². The maximum Gasteiger partial charge on any atom is 0.272 e. The summed E-state index contributed by atoms with van der Waals surface area (Å²) in [5.74, 6) is -2.64. The molecule has 0 amide bonds. The van der Waals surface area contributed by atoms with E-state index in [1.807, 2.05) is 0 Å². The van der Waals surface area contributed by atoms with Crippen molar-refractivity contribution in [2.24, 2.45) is 0 Å². The highest BCUT2D eigenvalue weighted by Gasteiger charge is 2.15. The van der Waals surface area contributed by atoms with Gasteiger partial charge in [0.05, 0.1) is 16.6 Å². The average Bonchev–Trinajstić information content (AvgIpc) is 2.46. The lowest BCUT2D eigenvalue weighted by Gasteiger charge is -2.07. The van der Waals surface area contributed by atoms with E-state index in [9.17, 15) is 23.7 Å². The molecule has 0 saturated carbocycles. The summed E-state index contributed by atoms with van der Waals surface area (Å²) in [6.45, 7) is -0.574. The first-order chi connectivity index (χ1) is 9.99. The second kappa shape index (κ2) is 6.08. The van der Waals surface area contributed by atoms with Gasteiger partial charge in [0.25, 0.3) is 5.69 Å².